The minimum Gasteiger partial charge on any atom is -0.329 e. The van der Waals surface area contributed by atoms with Crippen LogP contribution in [0.15, 0.2) is 23.1 Å². The second-order valence-electron chi connectivity index (χ2n) is 6.47. The van der Waals surface area contributed by atoms with Crippen molar-refractivity contribution in [3.05, 3.63) is 29.3 Å². The van der Waals surface area contributed by atoms with Crippen LogP contribution in [0.4, 0.5) is 0 Å². The van der Waals surface area contributed by atoms with Crippen LogP contribution in [0, 0.1) is 13.8 Å². The average molecular weight is 361 g/mol. The Morgan fingerprint density at radius 2 is 1.96 bits per heavy atom. The molecule has 1 aliphatic heterocycles. The first-order valence-corrected chi connectivity index (χ1v) is 10.8. The standard InChI is InChI=1S/C15H24N2O4S2/c1-12-4-5-14(13(2)10-12)23(20,21)17(8-7-16)15(3)6-9-22(18,19)11-15/h4-5,10H,6-9,11,16H2,1-3H3/t15-/m0/s1. The Hall–Kier alpha value is -0.960. The molecule has 130 valence electrons. The third-order valence-corrected chi connectivity index (χ3v) is 8.42. The number of nitrogens with zero attached hydrogens (tertiary/aromatic N) is 1. The summed E-state index contributed by atoms with van der Waals surface area (Å²) in [6.07, 6.45) is 0.291. The van der Waals surface area contributed by atoms with Crippen molar-refractivity contribution in [1.29, 1.82) is 0 Å². The summed E-state index contributed by atoms with van der Waals surface area (Å²) < 4.78 is 51.3. The van der Waals surface area contributed by atoms with Gasteiger partial charge in [-0.15, -0.1) is 0 Å². The number of nitrogens with two attached hydrogens (primary N) is 1. The van der Waals surface area contributed by atoms with Crippen LogP contribution >= 0.6 is 0 Å². The van der Waals surface area contributed by atoms with Gasteiger partial charge in [-0.2, -0.15) is 4.31 Å². The molecule has 1 atom stereocenters. The molecule has 1 aromatic rings. The normalized spacial score (nSPS) is 24.2. The van der Waals surface area contributed by atoms with E-state index in [1.807, 2.05) is 6.92 Å². The molecule has 0 aromatic heterocycles. The molecule has 1 fully saturated rings. The first-order valence-electron chi connectivity index (χ1n) is 7.52. The summed E-state index contributed by atoms with van der Waals surface area (Å²) in [7, 11) is -7.04. The zero-order valence-electron chi connectivity index (χ0n) is 13.7. The van der Waals surface area contributed by atoms with Gasteiger partial charge in [0.25, 0.3) is 0 Å². The first-order chi connectivity index (χ1) is 10.5. The van der Waals surface area contributed by atoms with E-state index in [2.05, 4.69) is 0 Å². The Bertz CT molecular complexity index is 803. The summed E-state index contributed by atoms with van der Waals surface area (Å²) in [4.78, 5) is 0.210. The summed E-state index contributed by atoms with van der Waals surface area (Å²) >= 11 is 0. The van der Waals surface area contributed by atoms with E-state index < -0.39 is 25.4 Å². The van der Waals surface area contributed by atoms with E-state index in [9.17, 15) is 16.8 Å². The fourth-order valence-corrected chi connectivity index (χ4v) is 7.44. The average Bonchev–Trinajstić information content (AvgIpc) is 2.70. The van der Waals surface area contributed by atoms with Crippen LogP contribution in [-0.2, 0) is 19.9 Å². The van der Waals surface area contributed by atoms with Crippen LogP contribution in [0.5, 0.6) is 0 Å². The van der Waals surface area contributed by atoms with E-state index in [1.165, 1.54) is 4.31 Å². The smallest absolute Gasteiger partial charge is 0.243 e. The Labute approximate surface area is 138 Å². The van der Waals surface area contributed by atoms with E-state index >= 15 is 0 Å². The van der Waals surface area contributed by atoms with Crippen LogP contribution < -0.4 is 5.73 Å². The molecule has 0 saturated carbocycles. The van der Waals surface area contributed by atoms with E-state index in [-0.39, 0.29) is 29.5 Å². The molecule has 0 aliphatic carbocycles. The molecule has 1 saturated heterocycles. The van der Waals surface area contributed by atoms with Crippen LogP contribution in [0.25, 0.3) is 0 Å². The summed E-state index contributed by atoms with van der Waals surface area (Å²) in [6.45, 7) is 5.57. The Kier molecular flexibility index (Phi) is 4.92. The maximum Gasteiger partial charge on any atom is 0.243 e. The van der Waals surface area contributed by atoms with Gasteiger partial charge in [-0.1, -0.05) is 17.7 Å². The van der Waals surface area contributed by atoms with Crippen LogP contribution in [0.3, 0.4) is 0 Å². The van der Waals surface area contributed by atoms with E-state index in [1.54, 1.807) is 32.0 Å². The van der Waals surface area contributed by atoms with Gasteiger partial charge in [0.2, 0.25) is 10.0 Å². The van der Waals surface area contributed by atoms with Crippen molar-refractivity contribution in [3.8, 4) is 0 Å². The van der Waals surface area contributed by atoms with Crippen molar-refractivity contribution < 1.29 is 16.8 Å². The fraction of sp³-hybridized carbons (Fsp3) is 0.600. The lowest BCUT2D eigenvalue weighted by molar-refractivity contribution is 0.238. The number of hydrogen-bond acceptors (Lipinski definition) is 5. The van der Waals surface area contributed by atoms with Gasteiger partial charge in [-0.25, -0.2) is 16.8 Å². The summed E-state index contributed by atoms with van der Waals surface area (Å²) in [6, 6.07) is 5.13. The number of aryl methyl sites for hydroxylation is 2. The van der Waals surface area contributed by atoms with E-state index in [0.717, 1.165) is 5.56 Å². The molecule has 1 aliphatic rings. The Balaban J connectivity index is 2.52. The lowest BCUT2D eigenvalue weighted by atomic mass is 10.0. The highest BCUT2D eigenvalue weighted by atomic mass is 32.2. The number of hydrogen-bond donors (Lipinski definition) is 1. The molecule has 1 heterocycles. The zero-order chi connectivity index (χ0) is 17.5. The van der Waals surface area contributed by atoms with Crippen molar-refractivity contribution in [1.82, 2.24) is 4.31 Å². The van der Waals surface area contributed by atoms with Crippen molar-refractivity contribution in [2.24, 2.45) is 5.73 Å². The van der Waals surface area contributed by atoms with Crippen LogP contribution in [0.2, 0.25) is 0 Å². The lowest BCUT2D eigenvalue weighted by Crippen LogP contribution is -2.52. The summed E-state index contributed by atoms with van der Waals surface area (Å²) in [5, 5.41) is 0. The highest BCUT2D eigenvalue weighted by Crippen LogP contribution is 2.34. The van der Waals surface area contributed by atoms with Crippen molar-refractivity contribution in [2.45, 2.75) is 37.6 Å². The Morgan fingerprint density at radius 1 is 1.30 bits per heavy atom. The van der Waals surface area contributed by atoms with Crippen molar-refractivity contribution >= 4 is 19.9 Å². The minimum absolute atomic E-state index is 0.00692. The number of sulfonamides is 1. The molecule has 2 N–H and O–H groups in total. The summed E-state index contributed by atoms with van der Waals surface area (Å²) in [5.41, 5.74) is 6.28. The van der Waals surface area contributed by atoms with Gasteiger partial charge in [0, 0.05) is 18.6 Å². The lowest BCUT2D eigenvalue weighted by Gasteiger charge is -2.36. The maximum absolute atomic E-state index is 13.1. The predicted molar refractivity (Wildman–Crippen MR) is 90.5 cm³/mol. The molecule has 0 radical (unpaired) electrons. The largest absolute Gasteiger partial charge is 0.329 e. The molecule has 0 spiro atoms. The van der Waals surface area contributed by atoms with Gasteiger partial charge >= 0.3 is 0 Å². The molecule has 23 heavy (non-hydrogen) atoms. The van der Waals surface area contributed by atoms with Crippen LogP contribution in [-0.4, -0.2) is 51.3 Å². The number of benzene rings is 1. The Morgan fingerprint density at radius 3 is 2.43 bits per heavy atom. The molecule has 0 bridgehead atoms. The summed E-state index contributed by atoms with van der Waals surface area (Å²) in [5.74, 6) is -0.156. The van der Waals surface area contributed by atoms with Gasteiger partial charge in [-0.05, 0) is 38.8 Å². The van der Waals surface area contributed by atoms with Gasteiger partial charge < -0.3 is 5.73 Å². The highest BCUT2D eigenvalue weighted by Gasteiger charge is 2.47. The zero-order valence-corrected chi connectivity index (χ0v) is 15.4. The molecule has 6 nitrogen and oxygen atoms in total. The quantitative estimate of drug-likeness (QED) is 0.839. The molecule has 0 unspecified atom stereocenters. The number of rotatable bonds is 5. The van der Waals surface area contributed by atoms with Gasteiger partial charge in [0.1, 0.15) is 0 Å². The molecular weight excluding hydrogens is 336 g/mol. The van der Waals surface area contributed by atoms with Crippen molar-refractivity contribution in [3.63, 3.8) is 0 Å². The predicted octanol–water partition coefficient (Wildman–Crippen LogP) is 0.830. The second kappa shape index (κ2) is 6.16. The third-order valence-electron chi connectivity index (χ3n) is 4.32. The van der Waals surface area contributed by atoms with Crippen LogP contribution in [0.1, 0.15) is 24.5 Å². The van der Waals surface area contributed by atoms with E-state index in [0.29, 0.717) is 12.0 Å². The molecule has 8 heteroatoms. The maximum atomic E-state index is 13.1. The highest BCUT2D eigenvalue weighted by molar-refractivity contribution is 7.92. The van der Waals surface area contributed by atoms with Gasteiger partial charge in [-0.3, -0.25) is 0 Å². The van der Waals surface area contributed by atoms with E-state index in [4.69, 9.17) is 5.73 Å². The minimum atomic E-state index is -3.81. The first kappa shape index (κ1) is 18.4. The second-order valence-corrected chi connectivity index (χ2v) is 10.5. The fourth-order valence-electron chi connectivity index (χ4n) is 3.20. The molecule has 2 rings (SSSR count). The topological polar surface area (TPSA) is 97.5 Å². The monoisotopic (exact) mass is 360 g/mol. The van der Waals surface area contributed by atoms with Gasteiger partial charge in [0.05, 0.1) is 16.4 Å². The molecule has 0 amide bonds. The molecule has 1 aromatic carbocycles. The SMILES string of the molecule is Cc1ccc(S(=O)(=O)N(CCN)[C@@]2(C)CCS(=O)(=O)C2)c(C)c1. The molecular formula is C15H24N2O4S2. The van der Waals surface area contributed by atoms with Crippen molar-refractivity contribution in [2.75, 3.05) is 24.6 Å². The number of sulfone groups is 1. The third kappa shape index (κ3) is 3.60. The van der Waals surface area contributed by atoms with Gasteiger partial charge in [0.15, 0.2) is 9.84 Å².